The Balaban J connectivity index is 1.82. The Bertz CT molecular complexity index is 1430. The zero-order valence-electron chi connectivity index (χ0n) is 23.8. The van der Waals surface area contributed by atoms with Crippen LogP contribution in [0.5, 0.6) is 0 Å². The first-order chi connectivity index (χ1) is 19.4. The number of carbonyl (C=O) groups is 1. The van der Waals surface area contributed by atoms with Gasteiger partial charge in [-0.15, -0.1) is 0 Å². The molecule has 2 heterocycles. The van der Waals surface area contributed by atoms with Crippen LogP contribution in [0.25, 0.3) is 11.3 Å². The Morgan fingerprint density at radius 3 is 2.39 bits per heavy atom. The highest BCUT2D eigenvalue weighted by molar-refractivity contribution is 7.91. The number of carbonyl (C=O) groups excluding carboxylic acids is 1. The van der Waals surface area contributed by atoms with E-state index in [1.807, 2.05) is 61.9 Å². The normalized spacial score (nSPS) is 16.8. The van der Waals surface area contributed by atoms with Gasteiger partial charge in [-0.25, -0.2) is 27.0 Å². The summed E-state index contributed by atoms with van der Waals surface area (Å²) in [6.45, 7) is 6.04. The Kier molecular flexibility index (Phi) is 9.48. The van der Waals surface area contributed by atoms with Gasteiger partial charge >= 0.3 is 6.03 Å². The van der Waals surface area contributed by atoms with Crippen LogP contribution in [0.3, 0.4) is 0 Å². The number of rotatable bonds is 9. The van der Waals surface area contributed by atoms with Crippen LogP contribution in [0.4, 0.5) is 13.6 Å². The average molecular weight is 588 g/mol. The van der Waals surface area contributed by atoms with Gasteiger partial charge in [0, 0.05) is 44.0 Å². The number of benzene rings is 2. The predicted molar refractivity (Wildman–Crippen MR) is 156 cm³/mol. The van der Waals surface area contributed by atoms with Crippen molar-refractivity contribution in [2.45, 2.75) is 45.8 Å². The molecule has 0 aliphatic carbocycles. The molecule has 4 rings (SSSR count). The molecule has 41 heavy (non-hydrogen) atoms. The molecule has 2 N–H and O–H groups in total. The first-order valence-corrected chi connectivity index (χ1v) is 15.6. The summed E-state index contributed by atoms with van der Waals surface area (Å²) in [6, 6.07) is 14.3. The van der Waals surface area contributed by atoms with E-state index in [1.165, 1.54) is 12.1 Å². The Morgan fingerprint density at radius 2 is 1.78 bits per heavy atom. The van der Waals surface area contributed by atoms with E-state index >= 15 is 0 Å². The van der Waals surface area contributed by atoms with E-state index in [-0.39, 0.29) is 49.4 Å². The molecule has 11 heteroatoms. The number of imidazole rings is 1. The van der Waals surface area contributed by atoms with Gasteiger partial charge in [-0.05, 0) is 29.5 Å². The highest BCUT2D eigenvalue weighted by atomic mass is 32.2. The minimum Gasteiger partial charge on any atom is -0.328 e. The van der Waals surface area contributed by atoms with Gasteiger partial charge in [-0.3, -0.25) is 0 Å². The molecule has 1 unspecified atom stereocenters. The van der Waals surface area contributed by atoms with Crippen molar-refractivity contribution in [3.8, 4) is 11.3 Å². The lowest BCUT2D eigenvalue weighted by atomic mass is 9.84. The maximum absolute atomic E-state index is 14.2. The Hall–Kier alpha value is -3.31. The summed E-state index contributed by atoms with van der Waals surface area (Å²) in [4.78, 5) is 22.3. The van der Waals surface area contributed by atoms with Crippen molar-refractivity contribution in [2.24, 2.45) is 11.1 Å². The second-order valence-electron chi connectivity index (χ2n) is 11.7. The highest BCUT2D eigenvalue weighted by Crippen LogP contribution is 2.40. The van der Waals surface area contributed by atoms with Crippen LogP contribution in [-0.4, -0.2) is 77.7 Å². The van der Waals surface area contributed by atoms with E-state index in [9.17, 15) is 22.0 Å². The SMILES string of the molecule is CC(C)(C)C(c1nc(-c2cccc(F)c2)cn1Cc1ccccc1)N(CC[C@H](N)CF)C(=O)N1CCS(=O)(=O)CC1. The molecule has 3 aromatic rings. The summed E-state index contributed by atoms with van der Waals surface area (Å²) in [7, 11) is -3.21. The van der Waals surface area contributed by atoms with Crippen molar-refractivity contribution in [3.05, 3.63) is 78.0 Å². The number of sulfone groups is 1. The van der Waals surface area contributed by atoms with Crippen molar-refractivity contribution in [1.82, 2.24) is 19.4 Å². The van der Waals surface area contributed by atoms with Crippen LogP contribution in [-0.2, 0) is 16.4 Å². The highest BCUT2D eigenvalue weighted by Gasteiger charge is 2.41. The molecular formula is C30H39F2N5O3S. The molecule has 0 radical (unpaired) electrons. The van der Waals surface area contributed by atoms with Gasteiger partial charge in [-0.2, -0.15) is 0 Å². The minimum atomic E-state index is -3.21. The van der Waals surface area contributed by atoms with Crippen LogP contribution in [0.2, 0.25) is 0 Å². The first-order valence-electron chi connectivity index (χ1n) is 13.8. The lowest BCUT2D eigenvalue weighted by Gasteiger charge is -2.43. The molecule has 0 bridgehead atoms. The third-order valence-corrected chi connectivity index (χ3v) is 8.91. The number of halogens is 2. The zero-order valence-corrected chi connectivity index (χ0v) is 24.7. The number of urea groups is 1. The number of hydrogen-bond donors (Lipinski definition) is 1. The summed E-state index contributed by atoms with van der Waals surface area (Å²) in [6.07, 6.45) is 2.08. The van der Waals surface area contributed by atoms with Gasteiger partial charge in [0.05, 0.1) is 23.2 Å². The number of nitrogens with two attached hydrogens (primary N) is 1. The third kappa shape index (κ3) is 7.71. The van der Waals surface area contributed by atoms with Crippen molar-refractivity contribution in [1.29, 1.82) is 0 Å². The van der Waals surface area contributed by atoms with Crippen LogP contribution in [0.1, 0.15) is 44.6 Å². The molecule has 0 saturated carbocycles. The molecule has 1 aliphatic rings. The van der Waals surface area contributed by atoms with E-state index in [1.54, 1.807) is 21.9 Å². The number of amides is 2. The van der Waals surface area contributed by atoms with Crippen LogP contribution in [0, 0.1) is 11.2 Å². The van der Waals surface area contributed by atoms with Gasteiger partial charge < -0.3 is 20.1 Å². The third-order valence-electron chi connectivity index (χ3n) is 7.30. The van der Waals surface area contributed by atoms with E-state index in [2.05, 4.69) is 0 Å². The van der Waals surface area contributed by atoms with E-state index < -0.39 is 34.0 Å². The summed E-state index contributed by atoms with van der Waals surface area (Å²) < 4.78 is 53.7. The number of alkyl halides is 1. The van der Waals surface area contributed by atoms with Crippen LogP contribution < -0.4 is 5.73 Å². The molecule has 2 aromatic carbocycles. The van der Waals surface area contributed by atoms with Gasteiger partial charge in [0.2, 0.25) is 0 Å². The summed E-state index contributed by atoms with van der Waals surface area (Å²) in [5, 5.41) is 0. The van der Waals surface area contributed by atoms with Crippen LogP contribution in [0.15, 0.2) is 60.8 Å². The quantitative estimate of drug-likeness (QED) is 0.392. The smallest absolute Gasteiger partial charge is 0.320 e. The Labute approximate surface area is 241 Å². The standard InChI is InChI=1S/C30H39F2N5O3S/c1-30(2,3)27(37(13-12-25(33)19-31)29(38)35-14-16-41(39,40)17-15-35)28-34-26(23-10-7-11-24(32)18-23)21-36(28)20-22-8-5-4-6-9-22/h4-11,18,21,25,27H,12-17,19-20,33H2,1-3H3/t25-,27?/m0/s1. The monoisotopic (exact) mass is 587 g/mol. The van der Waals surface area contributed by atoms with E-state index in [0.29, 0.717) is 23.6 Å². The summed E-state index contributed by atoms with van der Waals surface area (Å²) in [5.41, 5.74) is 7.58. The molecule has 2 amide bonds. The van der Waals surface area contributed by atoms with Gasteiger partial charge in [0.15, 0.2) is 9.84 Å². The number of aromatic nitrogens is 2. The molecule has 1 aliphatic heterocycles. The fraction of sp³-hybridized carbons (Fsp3) is 0.467. The Morgan fingerprint density at radius 1 is 1.10 bits per heavy atom. The number of nitrogens with zero attached hydrogens (tertiary/aromatic N) is 4. The molecule has 1 aromatic heterocycles. The average Bonchev–Trinajstić information content (AvgIpc) is 3.33. The summed E-state index contributed by atoms with van der Waals surface area (Å²) in [5.74, 6) is -0.00909. The molecule has 1 fully saturated rings. The molecule has 0 spiro atoms. The minimum absolute atomic E-state index is 0.0801. The first kappa shape index (κ1) is 30.6. The van der Waals surface area contributed by atoms with E-state index in [4.69, 9.17) is 10.7 Å². The second kappa shape index (κ2) is 12.7. The van der Waals surface area contributed by atoms with Crippen molar-refractivity contribution >= 4 is 15.9 Å². The topological polar surface area (TPSA) is 102 Å². The van der Waals surface area contributed by atoms with Gasteiger partial charge in [-0.1, -0.05) is 63.2 Å². The van der Waals surface area contributed by atoms with Crippen molar-refractivity contribution in [2.75, 3.05) is 37.8 Å². The lowest BCUT2D eigenvalue weighted by Crippen LogP contribution is -2.53. The molecule has 8 nitrogen and oxygen atoms in total. The summed E-state index contributed by atoms with van der Waals surface area (Å²) >= 11 is 0. The zero-order chi connectivity index (χ0) is 29.8. The predicted octanol–water partition coefficient (Wildman–Crippen LogP) is 4.66. The molecule has 222 valence electrons. The van der Waals surface area contributed by atoms with Crippen LogP contribution >= 0.6 is 0 Å². The molecular weight excluding hydrogens is 548 g/mol. The maximum atomic E-state index is 14.2. The van der Waals surface area contributed by atoms with E-state index in [0.717, 1.165) is 5.56 Å². The lowest BCUT2D eigenvalue weighted by molar-refractivity contribution is 0.0826. The number of hydrogen-bond acceptors (Lipinski definition) is 5. The second-order valence-corrected chi connectivity index (χ2v) is 14.0. The van der Waals surface area contributed by atoms with Gasteiger partial charge in [0.1, 0.15) is 18.3 Å². The van der Waals surface area contributed by atoms with Crippen molar-refractivity contribution in [3.63, 3.8) is 0 Å². The fourth-order valence-corrected chi connectivity index (χ4v) is 6.34. The van der Waals surface area contributed by atoms with Gasteiger partial charge in [0.25, 0.3) is 0 Å². The molecule has 2 atom stereocenters. The maximum Gasteiger partial charge on any atom is 0.320 e. The van der Waals surface area contributed by atoms with Crippen molar-refractivity contribution < 1.29 is 22.0 Å². The molecule has 1 saturated heterocycles. The largest absolute Gasteiger partial charge is 0.328 e. The fourth-order valence-electron chi connectivity index (χ4n) is 5.14.